The number of hydrazine groups is 1. The van der Waals surface area contributed by atoms with Crippen molar-refractivity contribution in [1.82, 2.24) is 15.0 Å². The van der Waals surface area contributed by atoms with E-state index in [1.807, 2.05) is 5.51 Å². The first-order valence-electron chi connectivity index (χ1n) is 4.84. The van der Waals surface area contributed by atoms with Crippen LogP contribution in [0, 0.1) is 0 Å². The molecule has 1 fully saturated rings. The van der Waals surface area contributed by atoms with Crippen LogP contribution in [0.1, 0.15) is 23.4 Å². The summed E-state index contributed by atoms with van der Waals surface area (Å²) in [4.78, 5) is 5.87. The summed E-state index contributed by atoms with van der Waals surface area (Å²) in [6, 6.07) is 0. The molecule has 0 radical (unpaired) electrons. The van der Waals surface area contributed by atoms with Crippen LogP contribution < -0.4 is 0 Å². The SMILES string of the molecule is c1nc2c(s1)CN1CCCCN1C2. The number of hydrogen-bond acceptors (Lipinski definition) is 4. The third-order valence-electron chi connectivity index (χ3n) is 2.87. The molecule has 1 aromatic rings. The molecule has 3 heterocycles. The second-order valence-corrected chi connectivity index (χ2v) is 4.64. The molecule has 0 atom stereocenters. The van der Waals surface area contributed by atoms with Crippen molar-refractivity contribution in [3.63, 3.8) is 0 Å². The van der Waals surface area contributed by atoms with Gasteiger partial charge in [0.15, 0.2) is 0 Å². The first-order valence-corrected chi connectivity index (χ1v) is 5.72. The zero-order chi connectivity index (χ0) is 8.67. The van der Waals surface area contributed by atoms with Gasteiger partial charge >= 0.3 is 0 Å². The standard InChI is InChI=1S/C9H13N3S/c1-2-4-12-6-9-8(10-7-13-9)5-11(12)3-1/h7H,1-6H2. The third-order valence-corrected chi connectivity index (χ3v) is 3.73. The van der Waals surface area contributed by atoms with Crippen molar-refractivity contribution >= 4 is 11.3 Å². The highest BCUT2D eigenvalue weighted by atomic mass is 32.1. The molecule has 0 unspecified atom stereocenters. The van der Waals surface area contributed by atoms with E-state index in [1.165, 1.54) is 36.5 Å². The van der Waals surface area contributed by atoms with E-state index in [4.69, 9.17) is 0 Å². The molecule has 0 aromatic carbocycles. The Hall–Kier alpha value is -0.450. The van der Waals surface area contributed by atoms with Crippen LogP contribution in [0.3, 0.4) is 0 Å². The zero-order valence-electron chi connectivity index (χ0n) is 7.57. The summed E-state index contributed by atoms with van der Waals surface area (Å²) in [5.41, 5.74) is 3.28. The first kappa shape index (κ1) is 7.91. The largest absolute Gasteiger partial charge is 0.248 e. The van der Waals surface area contributed by atoms with E-state index < -0.39 is 0 Å². The Morgan fingerprint density at radius 2 is 1.92 bits per heavy atom. The van der Waals surface area contributed by atoms with Crippen molar-refractivity contribution in [2.75, 3.05) is 13.1 Å². The van der Waals surface area contributed by atoms with Gasteiger partial charge in [0, 0.05) is 24.5 Å². The van der Waals surface area contributed by atoms with E-state index in [-0.39, 0.29) is 0 Å². The number of rotatable bonds is 0. The lowest BCUT2D eigenvalue weighted by Crippen LogP contribution is -2.48. The van der Waals surface area contributed by atoms with Gasteiger partial charge in [0.25, 0.3) is 0 Å². The lowest BCUT2D eigenvalue weighted by Gasteiger charge is -2.41. The van der Waals surface area contributed by atoms with Gasteiger partial charge in [-0.25, -0.2) is 15.0 Å². The van der Waals surface area contributed by atoms with Crippen molar-refractivity contribution in [2.24, 2.45) is 0 Å². The predicted molar refractivity (Wildman–Crippen MR) is 52.2 cm³/mol. The van der Waals surface area contributed by atoms with Crippen LogP contribution in [0.25, 0.3) is 0 Å². The van der Waals surface area contributed by atoms with E-state index in [0.29, 0.717) is 0 Å². The molecular weight excluding hydrogens is 182 g/mol. The molecule has 0 N–H and O–H groups in total. The van der Waals surface area contributed by atoms with Crippen molar-refractivity contribution in [1.29, 1.82) is 0 Å². The Kier molecular flexibility index (Phi) is 1.85. The molecule has 3 nitrogen and oxygen atoms in total. The highest BCUT2D eigenvalue weighted by Crippen LogP contribution is 2.26. The highest BCUT2D eigenvalue weighted by molar-refractivity contribution is 7.09. The molecule has 13 heavy (non-hydrogen) atoms. The Morgan fingerprint density at radius 1 is 1.15 bits per heavy atom. The average Bonchev–Trinajstić information content (AvgIpc) is 2.61. The smallest absolute Gasteiger partial charge is 0.0798 e. The van der Waals surface area contributed by atoms with Gasteiger partial charge in [-0.3, -0.25) is 0 Å². The summed E-state index contributed by atoms with van der Waals surface area (Å²) in [7, 11) is 0. The quantitative estimate of drug-likeness (QED) is 0.625. The van der Waals surface area contributed by atoms with Crippen LogP contribution in [0.4, 0.5) is 0 Å². The fourth-order valence-corrected chi connectivity index (χ4v) is 2.90. The second kappa shape index (κ2) is 3.04. The lowest BCUT2D eigenvalue weighted by molar-refractivity contribution is -0.0751. The lowest BCUT2D eigenvalue weighted by atomic mass is 10.2. The summed E-state index contributed by atoms with van der Waals surface area (Å²) in [6.45, 7) is 4.59. The van der Waals surface area contributed by atoms with Gasteiger partial charge < -0.3 is 0 Å². The third kappa shape index (κ3) is 1.29. The topological polar surface area (TPSA) is 19.4 Å². The summed E-state index contributed by atoms with van der Waals surface area (Å²) in [5.74, 6) is 0. The average molecular weight is 195 g/mol. The molecule has 0 bridgehead atoms. The van der Waals surface area contributed by atoms with Crippen molar-refractivity contribution in [3.8, 4) is 0 Å². The molecule has 0 spiro atoms. The number of fused-ring (bicyclic) bond motifs is 2. The normalized spacial score (nSPS) is 24.0. The maximum atomic E-state index is 4.40. The number of nitrogens with zero attached hydrogens (tertiary/aromatic N) is 3. The Balaban J connectivity index is 1.89. The fourth-order valence-electron chi connectivity index (χ4n) is 2.12. The number of thiazole rings is 1. The van der Waals surface area contributed by atoms with Crippen LogP contribution in [-0.4, -0.2) is 28.1 Å². The molecule has 0 saturated carbocycles. The molecule has 1 saturated heterocycles. The monoisotopic (exact) mass is 195 g/mol. The fraction of sp³-hybridized carbons (Fsp3) is 0.667. The van der Waals surface area contributed by atoms with Gasteiger partial charge in [-0.15, -0.1) is 11.3 Å². The van der Waals surface area contributed by atoms with Crippen LogP contribution in [0.2, 0.25) is 0 Å². The van der Waals surface area contributed by atoms with Crippen LogP contribution in [-0.2, 0) is 13.1 Å². The van der Waals surface area contributed by atoms with Gasteiger partial charge in [-0.1, -0.05) is 0 Å². The van der Waals surface area contributed by atoms with E-state index in [9.17, 15) is 0 Å². The summed E-state index contributed by atoms with van der Waals surface area (Å²) in [5, 5.41) is 4.93. The zero-order valence-corrected chi connectivity index (χ0v) is 8.39. The van der Waals surface area contributed by atoms with Gasteiger partial charge in [0.05, 0.1) is 17.7 Å². The molecule has 70 valence electrons. The molecule has 2 aliphatic heterocycles. The molecule has 0 amide bonds. The molecule has 0 aliphatic carbocycles. The van der Waals surface area contributed by atoms with Gasteiger partial charge in [0.1, 0.15) is 0 Å². The minimum Gasteiger partial charge on any atom is -0.248 e. The molecule has 4 heteroatoms. The van der Waals surface area contributed by atoms with E-state index in [0.717, 1.165) is 13.1 Å². The maximum Gasteiger partial charge on any atom is 0.0798 e. The van der Waals surface area contributed by atoms with Gasteiger partial charge in [-0.05, 0) is 12.8 Å². The summed E-state index contributed by atoms with van der Waals surface area (Å²) >= 11 is 1.80. The molecule has 3 rings (SSSR count). The molecular formula is C9H13N3S. The highest BCUT2D eigenvalue weighted by Gasteiger charge is 2.27. The van der Waals surface area contributed by atoms with Crippen molar-refractivity contribution < 1.29 is 0 Å². The Labute approximate surface area is 82.0 Å². The number of hydrogen-bond donors (Lipinski definition) is 0. The van der Waals surface area contributed by atoms with E-state index in [2.05, 4.69) is 15.0 Å². The van der Waals surface area contributed by atoms with Crippen molar-refractivity contribution in [3.05, 3.63) is 16.1 Å². The predicted octanol–water partition coefficient (Wildman–Crippen LogP) is 1.47. The second-order valence-electron chi connectivity index (χ2n) is 3.71. The number of aromatic nitrogens is 1. The van der Waals surface area contributed by atoms with Crippen LogP contribution in [0.5, 0.6) is 0 Å². The molecule has 2 aliphatic rings. The Bertz CT molecular complexity index is 281. The molecule has 1 aromatic heterocycles. The maximum absolute atomic E-state index is 4.40. The van der Waals surface area contributed by atoms with Crippen LogP contribution >= 0.6 is 11.3 Å². The van der Waals surface area contributed by atoms with Gasteiger partial charge in [0.2, 0.25) is 0 Å². The van der Waals surface area contributed by atoms with Crippen LogP contribution in [0.15, 0.2) is 5.51 Å². The minimum absolute atomic E-state index is 1.04. The summed E-state index contributed by atoms with van der Waals surface area (Å²) < 4.78 is 0. The van der Waals surface area contributed by atoms with Gasteiger partial charge in [-0.2, -0.15) is 0 Å². The summed E-state index contributed by atoms with van der Waals surface area (Å²) in [6.07, 6.45) is 2.70. The van der Waals surface area contributed by atoms with E-state index >= 15 is 0 Å². The van der Waals surface area contributed by atoms with Crippen molar-refractivity contribution in [2.45, 2.75) is 25.9 Å². The minimum atomic E-state index is 1.04. The Morgan fingerprint density at radius 3 is 2.77 bits per heavy atom. The first-order chi connectivity index (χ1) is 6.43. The van der Waals surface area contributed by atoms with E-state index in [1.54, 1.807) is 11.3 Å².